The Hall–Kier alpha value is -1.21. The number of piperazine rings is 1. The van der Waals surface area contributed by atoms with Crippen molar-refractivity contribution in [3.63, 3.8) is 0 Å². The van der Waals surface area contributed by atoms with Crippen molar-refractivity contribution in [2.75, 3.05) is 59.6 Å². The molecule has 0 aromatic carbocycles. The largest absolute Gasteiger partial charge is 0.478 e. The predicted molar refractivity (Wildman–Crippen MR) is 85.0 cm³/mol. The molecule has 2 rings (SSSR count). The van der Waals surface area contributed by atoms with Gasteiger partial charge in [-0.25, -0.2) is 4.98 Å². The van der Waals surface area contributed by atoms with Crippen LogP contribution in [-0.2, 0) is 11.3 Å². The Balaban J connectivity index is 1.55. The second kappa shape index (κ2) is 9.74. The number of aliphatic hydroxyl groups is 1. The number of nitrogens with zero attached hydrogens (tertiary/aromatic N) is 3. The molecule has 124 valence electrons. The lowest BCUT2D eigenvalue weighted by Gasteiger charge is -2.34. The lowest BCUT2D eigenvalue weighted by Crippen LogP contribution is -2.47. The molecular formula is C16H27N3O3. The van der Waals surface area contributed by atoms with Gasteiger partial charge in [-0.1, -0.05) is 0 Å². The zero-order chi connectivity index (χ0) is 15.6. The first-order valence-electron chi connectivity index (χ1n) is 7.94. The van der Waals surface area contributed by atoms with E-state index in [0.29, 0.717) is 12.5 Å². The third kappa shape index (κ3) is 5.88. The molecule has 0 amide bonds. The van der Waals surface area contributed by atoms with Crippen molar-refractivity contribution in [2.45, 2.75) is 13.0 Å². The predicted octanol–water partition coefficient (Wildman–Crippen LogP) is 0.607. The summed E-state index contributed by atoms with van der Waals surface area (Å²) in [5.41, 5.74) is 0.804. The van der Waals surface area contributed by atoms with Crippen molar-refractivity contribution in [3.8, 4) is 5.88 Å². The van der Waals surface area contributed by atoms with Gasteiger partial charge in [0.1, 0.15) is 0 Å². The number of pyridine rings is 1. The molecule has 1 aromatic heterocycles. The molecule has 1 N–H and O–H groups in total. The Labute approximate surface area is 132 Å². The van der Waals surface area contributed by atoms with Crippen LogP contribution in [0.15, 0.2) is 18.3 Å². The normalized spacial score (nSPS) is 16.8. The molecule has 0 bridgehead atoms. The van der Waals surface area contributed by atoms with E-state index in [0.717, 1.165) is 57.9 Å². The van der Waals surface area contributed by atoms with Gasteiger partial charge in [0.25, 0.3) is 0 Å². The highest BCUT2D eigenvalue weighted by molar-refractivity contribution is 5.16. The molecule has 0 unspecified atom stereocenters. The number of aliphatic hydroxyl groups excluding tert-OH is 1. The topological polar surface area (TPSA) is 58.1 Å². The Morgan fingerprint density at radius 1 is 1.09 bits per heavy atom. The minimum Gasteiger partial charge on any atom is -0.478 e. The van der Waals surface area contributed by atoms with E-state index in [1.807, 2.05) is 6.07 Å². The molecule has 0 atom stereocenters. The quantitative estimate of drug-likeness (QED) is 0.675. The third-order valence-corrected chi connectivity index (χ3v) is 3.93. The van der Waals surface area contributed by atoms with E-state index in [1.165, 1.54) is 0 Å². The first-order chi connectivity index (χ1) is 10.8. The Bertz CT molecular complexity index is 406. The second-order valence-corrected chi connectivity index (χ2v) is 5.54. The van der Waals surface area contributed by atoms with Gasteiger partial charge >= 0.3 is 0 Å². The summed E-state index contributed by atoms with van der Waals surface area (Å²) in [5, 5.41) is 8.96. The first kappa shape index (κ1) is 17.1. The lowest BCUT2D eigenvalue weighted by atomic mass is 10.3. The zero-order valence-corrected chi connectivity index (χ0v) is 13.4. The van der Waals surface area contributed by atoms with Crippen LogP contribution in [0.5, 0.6) is 5.88 Å². The van der Waals surface area contributed by atoms with Crippen molar-refractivity contribution in [1.29, 1.82) is 0 Å². The monoisotopic (exact) mass is 309 g/mol. The summed E-state index contributed by atoms with van der Waals surface area (Å²) in [6.45, 7) is 8.08. The average molecular weight is 309 g/mol. The summed E-state index contributed by atoms with van der Waals surface area (Å²) in [6, 6.07) is 3.64. The zero-order valence-electron chi connectivity index (χ0n) is 13.4. The minimum absolute atomic E-state index is 0.0175. The van der Waals surface area contributed by atoms with E-state index in [4.69, 9.17) is 14.6 Å². The molecule has 0 aliphatic carbocycles. The van der Waals surface area contributed by atoms with Crippen LogP contribution in [-0.4, -0.2) is 79.5 Å². The summed E-state index contributed by atoms with van der Waals surface area (Å²) in [4.78, 5) is 9.09. The fourth-order valence-corrected chi connectivity index (χ4v) is 2.51. The van der Waals surface area contributed by atoms with Gasteiger partial charge in [-0.05, 0) is 18.1 Å². The molecule has 6 nitrogen and oxygen atoms in total. The van der Waals surface area contributed by atoms with Gasteiger partial charge in [0.2, 0.25) is 5.88 Å². The van der Waals surface area contributed by atoms with Crippen LogP contribution in [0.4, 0.5) is 0 Å². The number of hydrogen-bond donors (Lipinski definition) is 1. The Morgan fingerprint density at radius 3 is 2.41 bits per heavy atom. The van der Waals surface area contributed by atoms with Crippen molar-refractivity contribution >= 4 is 0 Å². The van der Waals surface area contributed by atoms with E-state index < -0.39 is 0 Å². The molecule has 1 aliphatic heterocycles. The molecular weight excluding hydrogens is 282 g/mol. The Kier molecular flexibility index (Phi) is 7.59. The van der Waals surface area contributed by atoms with E-state index in [-0.39, 0.29) is 6.61 Å². The van der Waals surface area contributed by atoms with E-state index in [9.17, 15) is 0 Å². The van der Waals surface area contributed by atoms with E-state index in [2.05, 4.69) is 14.8 Å². The molecule has 0 radical (unpaired) electrons. The van der Waals surface area contributed by atoms with Crippen molar-refractivity contribution < 1.29 is 14.6 Å². The molecule has 2 heterocycles. The van der Waals surface area contributed by atoms with Crippen molar-refractivity contribution in [1.82, 2.24) is 14.8 Å². The van der Waals surface area contributed by atoms with Crippen LogP contribution in [0.1, 0.15) is 12.0 Å². The number of hydrogen-bond acceptors (Lipinski definition) is 6. The molecule has 1 saturated heterocycles. The maximum absolute atomic E-state index is 8.96. The fraction of sp³-hybridized carbons (Fsp3) is 0.688. The minimum atomic E-state index is 0.0175. The van der Waals surface area contributed by atoms with Gasteiger partial charge in [-0.2, -0.15) is 0 Å². The van der Waals surface area contributed by atoms with Gasteiger partial charge < -0.3 is 19.5 Å². The van der Waals surface area contributed by atoms with Gasteiger partial charge in [-0.3, -0.25) is 4.90 Å². The Morgan fingerprint density at radius 2 is 1.82 bits per heavy atom. The summed E-state index contributed by atoms with van der Waals surface area (Å²) >= 11 is 0. The summed E-state index contributed by atoms with van der Waals surface area (Å²) in [7, 11) is 1.75. The van der Waals surface area contributed by atoms with Crippen LogP contribution < -0.4 is 4.74 Å². The van der Waals surface area contributed by atoms with Crippen molar-refractivity contribution in [3.05, 3.63) is 23.9 Å². The first-order valence-corrected chi connectivity index (χ1v) is 7.94. The van der Waals surface area contributed by atoms with Crippen LogP contribution in [0.2, 0.25) is 0 Å². The average Bonchev–Trinajstić information content (AvgIpc) is 2.58. The number of methoxy groups -OCH3 is 1. The summed E-state index contributed by atoms with van der Waals surface area (Å²) < 4.78 is 10.7. The smallest absolute Gasteiger partial charge is 0.213 e. The maximum atomic E-state index is 8.96. The number of aromatic nitrogens is 1. The molecule has 1 aliphatic rings. The number of ether oxygens (including phenoxy) is 2. The lowest BCUT2D eigenvalue weighted by molar-refractivity contribution is 0.0940. The van der Waals surface area contributed by atoms with Gasteiger partial charge in [0.05, 0.1) is 19.8 Å². The van der Waals surface area contributed by atoms with Gasteiger partial charge in [0.15, 0.2) is 0 Å². The maximum Gasteiger partial charge on any atom is 0.213 e. The van der Waals surface area contributed by atoms with Crippen LogP contribution in [0.3, 0.4) is 0 Å². The molecule has 0 spiro atoms. The van der Waals surface area contributed by atoms with E-state index >= 15 is 0 Å². The third-order valence-electron chi connectivity index (χ3n) is 3.93. The summed E-state index contributed by atoms with van der Waals surface area (Å²) in [6.07, 6.45) is 2.65. The molecule has 1 fully saturated rings. The second-order valence-electron chi connectivity index (χ2n) is 5.54. The summed E-state index contributed by atoms with van der Waals surface area (Å²) in [5.74, 6) is 0.626. The van der Waals surface area contributed by atoms with Crippen molar-refractivity contribution in [2.24, 2.45) is 0 Å². The van der Waals surface area contributed by atoms with E-state index in [1.54, 1.807) is 19.4 Å². The van der Waals surface area contributed by atoms with Crippen LogP contribution in [0, 0.1) is 0 Å². The fourth-order valence-electron chi connectivity index (χ4n) is 2.51. The van der Waals surface area contributed by atoms with Crippen LogP contribution >= 0.6 is 0 Å². The van der Waals surface area contributed by atoms with Gasteiger partial charge in [-0.15, -0.1) is 0 Å². The SMILES string of the molecule is COCCN1CCN(CCCOc2ccc(CO)cn2)CC1. The van der Waals surface area contributed by atoms with Crippen LogP contribution in [0.25, 0.3) is 0 Å². The molecule has 22 heavy (non-hydrogen) atoms. The van der Waals surface area contributed by atoms with Gasteiger partial charge in [0, 0.05) is 58.6 Å². The highest BCUT2D eigenvalue weighted by atomic mass is 16.5. The highest BCUT2D eigenvalue weighted by Crippen LogP contribution is 2.08. The molecule has 1 aromatic rings. The highest BCUT2D eigenvalue weighted by Gasteiger charge is 2.15. The number of rotatable bonds is 9. The molecule has 0 saturated carbocycles. The standard InChI is InChI=1S/C16H27N3O3/c1-21-12-10-19-8-6-18(7-9-19)5-2-11-22-16-4-3-15(14-20)13-17-16/h3-4,13,20H,2,5-12,14H2,1H3. The molecule has 6 heteroatoms.